The number of nitrogens with one attached hydrogen (secondary N) is 1. The molecule has 9 heteroatoms. The quantitative estimate of drug-likeness (QED) is 0.415. The van der Waals surface area contributed by atoms with Crippen LogP contribution in [0.25, 0.3) is 16.7 Å². The van der Waals surface area contributed by atoms with Crippen LogP contribution in [0.2, 0.25) is 5.02 Å². The fourth-order valence-corrected chi connectivity index (χ4v) is 3.60. The molecule has 0 radical (unpaired) electrons. The molecular formula is C22H23ClN6O2. The second kappa shape index (κ2) is 9.28. The Hall–Kier alpha value is -3.23. The monoisotopic (exact) mass is 438 g/mol. The molecule has 0 aliphatic carbocycles. The maximum absolute atomic E-state index is 13.0. The molecule has 2 aromatic carbocycles. The van der Waals surface area contributed by atoms with E-state index >= 15 is 0 Å². The normalized spacial score (nSPS) is 11.2. The summed E-state index contributed by atoms with van der Waals surface area (Å²) in [7, 11) is 0. The van der Waals surface area contributed by atoms with Crippen molar-refractivity contribution in [2.24, 2.45) is 0 Å². The molecule has 0 aliphatic heterocycles. The zero-order valence-corrected chi connectivity index (χ0v) is 18.1. The molecule has 0 saturated carbocycles. The molecular weight excluding hydrogens is 416 g/mol. The van der Waals surface area contributed by atoms with Gasteiger partial charge in [-0.15, -0.1) is 5.10 Å². The summed E-state index contributed by atoms with van der Waals surface area (Å²) < 4.78 is 9.03. The van der Waals surface area contributed by atoms with Gasteiger partial charge in [-0.25, -0.2) is 9.67 Å². The van der Waals surface area contributed by atoms with Crippen LogP contribution in [0.5, 0.6) is 0 Å². The van der Waals surface area contributed by atoms with Crippen molar-refractivity contribution in [1.82, 2.24) is 24.5 Å². The predicted molar refractivity (Wildman–Crippen MR) is 120 cm³/mol. The Kier molecular flexibility index (Phi) is 6.29. The summed E-state index contributed by atoms with van der Waals surface area (Å²) in [5.41, 5.74) is 3.34. The maximum atomic E-state index is 13.0. The second-order valence-corrected chi connectivity index (χ2v) is 7.43. The average Bonchev–Trinajstić information content (AvgIpc) is 3.31. The Morgan fingerprint density at radius 1 is 1.19 bits per heavy atom. The Balaban J connectivity index is 1.60. The highest BCUT2D eigenvalue weighted by atomic mass is 35.5. The van der Waals surface area contributed by atoms with Crippen molar-refractivity contribution in [2.45, 2.75) is 26.8 Å². The number of ether oxygens (including phenoxy) is 1. The zero-order valence-electron chi connectivity index (χ0n) is 17.4. The van der Waals surface area contributed by atoms with Gasteiger partial charge in [-0.2, -0.15) is 0 Å². The zero-order chi connectivity index (χ0) is 21.8. The number of rotatable bonds is 8. The van der Waals surface area contributed by atoms with Gasteiger partial charge in [0.15, 0.2) is 5.69 Å². The third-order valence-electron chi connectivity index (χ3n) is 4.92. The maximum Gasteiger partial charge on any atom is 0.280 e. The SMILES string of the molecule is CCOCCCn1c(NC(=O)c2nnn(-c3cccc(Cl)c3)c2C)nc2ccccc21. The van der Waals surface area contributed by atoms with Gasteiger partial charge >= 0.3 is 0 Å². The lowest BCUT2D eigenvalue weighted by atomic mass is 10.3. The fourth-order valence-electron chi connectivity index (χ4n) is 3.42. The first-order valence-electron chi connectivity index (χ1n) is 10.1. The van der Waals surface area contributed by atoms with E-state index in [1.807, 2.05) is 47.9 Å². The number of hydrogen-bond donors (Lipinski definition) is 1. The number of nitrogens with zero attached hydrogens (tertiary/aromatic N) is 5. The van der Waals surface area contributed by atoms with Gasteiger partial charge in [0, 0.05) is 24.8 Å². The number of amides is 1. The number of aromatic nitrogens is 5. The highest BCUT2D eigenvalue weighted by Gasteiger charge is 2.20. The van der Waals surface area contributed by atoms with E-state index < -0.39 is 0 Å². The summed E-state index contributed by atoms with van der Waals surface area (Å²) in [4.78, 5) is 17.6. The van der Waals surface area contributed by atoms with Crippen molar-refractivity contribution in [3.8, 4) is 5.69 Å². The standard InChI is InChI=1S/C22H23ClN6O2/c1-3-31-13-7-12-28-19-11-5-4-10-18(19)24-22(28)25-21(30)20-15(2)29(27-26-20)17-9-6-8-16(23)14-17/h4-6,8-11,14H,3,7,12-13H2,1-2H3,(H,24,25,30). The van der Waals surface area contributed by atoms with E-state index in [1.54, 1.807) is 23.7 Å². The number of anilines is 1. The van der Waals surface area contributed by atoms with Crippen LogP contribution in [0, 0.1) is 6.92 Å². The van der Waals surface area contributed by atoms with Gasteiger partial charge in [-0.05, 0) is 50.6 Å². The van der Waals surface area contributed by atoms with Gasteiger partial charge in [-0.1, -0.05) is 35.0 Å². The molecule has 2 aromatic heterocycles. The predicted octanol–water partition coefficient (Wildman–Crippen LogP) is 4.26. The summed E-state index contributed by atoms with van der Waals surface area (Å²) in [5.74, 6) is 0.103. The Morgan fingerprint density at radius 3 is 2.84 bits per heavy atom. The fraction of sp³-hybridized carbons (Fsp3) is 0.273. The van der Waals surface area contributed by atoms with Gasteiger partial charge in [0.25, 0.3) is 5.91 Å². The van der Waals surface area contributed by atoms with Crippen molar-refractivity contribution < 1.29 is 9.53 Å². The first-order valence-corrected chi connectivity index (χ1v) is 10.5. The lowest BCUT2D eigenvalue weighted by molar-refractivity contribution is 0.102. The number of imidazole rings is 1. The minimum absolute atomic E-state index is 0.230. The second-order valence-electron chi connectivity index (χ2n) is 7.00. The van der Waals surface area contributed by atoms with Crippen LogP contribution in [-0.4, -0.2) is 43.7 Å². The van der Waals surface area contributed by atoms with E-state index in [0.717, 1.165) is 23.1 Å². The van der Waals surface area contributed by atoms with Crippen molar-refractivity contribution in [2.75, 3.05) is 18.5 Å². The van der Waals surface area contributed by atoms with Gasteiger partial charge < -0.3 is 9.30 Å². The molecule has 0 spiro atoms. The molecule has 160 valence electrons. The highest BCUT2D eigenvalue weighted by Crippen LogP contribution is 2.22. The third-order valence-corrected chi connectivity index (χ3v) is 5.15. The van der Waals surface area contributed by atoms with Crippen molar-refractivity contribution in [1.29, 1.82) is 0 Å². The number of halogens is 1. The molecule has 0 unspecified atom stereocenters. The Labute approximate surface area is 184 Å². The number of carbonyl (C=O) groups is 1. The summed E-state index contributed by atoms with van der Waals surface area (Å²) in [6.45, 7) is 5.75. The minimum atomic E-state index is -0.368. The highest BCUT2D eigenvalue weighted by molar-refractivity contribution is 6.30. The molecule has 31 heavy (non-hydrogen) atoms. The Bertz CT molecular complexity index is 1220. The van der Waals surface area contributed by atoms with Crippen LogP contribution in [0.15, 0.2) is 48.5 Å². The van der Waals surface area contributed by atoms with Gasteiger partial charge in [0.2, 0.25) is 5.95 Å². The topological polar surface area (TPSA) is 86.9 Å². The molecule has 0 saturated heterocycles. The van der Waals surface area contributed by atoms with E-state index in [4.69, 9.17) is 16.3 Å². The van der Waals surface area contributed by atoms with Crippen molar-refractivity contribution >= 4 is 34.5 Å². The first kappa shape index (κ1) is 21.0. The molecule has 2 heterocycles. The summed E-state index contributed by atoms with van der Waals surface area (Å²) in [5, 5.41) is 11.7. The van der Waals surface area contributed by atoms with Crippen LogP contribution in [0.4, 0.5) is 5.95 Å². The molecule has 1 N–H and O–H groups in total. The number of para-hydroxylation sites is 2. The van der Waals surface area contributed by atoms with Crippen LogP contribution in [-0.2, 0) is 11.3 Å². The van der Waals surface area contributed by atoms with Gasteiger partial charge in [0.1, 0.15) is 0 Å². The molecule has 8 nitrogen and oxygen atoms in total. The van der Waals surface area contributed by atoms with Crippen LogP contribution in [0.3, 0.4) is 0 Å². The van der Waals surface area contributed by atoms with Crippen LogP contribution in [0.1, 0.15) is 29.5 Å². The number of aryl methyl sites for hydroxylation is 1. The smallest absolute Gasteiger partial charge is 0.280 e. The van der Waals surface area contributed by atoms with Crippen LogP contribution >= 0.6 is 11.6 Å². The molecule has 0 aliphatic rings. The lowest BCUT2D eigenvalue weighted by Crippen LogP contribution is -2.18. The molecule has 4 rings (SSSR count). The number of hydrogen-bond acceptors (Lipinski definition) is 5. The first-order chi connectivity index (χ1) is 15.1. The largest absolute Gasteiger partial charge is 0.382 e. The van der Waals surface area contributed by atoms with Crippen molar-refractivity contribution in [3.63, 3.8) is 0 Å². The molecule has 1 amide bonds. The van der Waals surface area contributed by atoms with E-state index in [1.165, 1.54) is 0 Å². The third kappa shape index (κ3) is 4.45. The number of benzene rings is 2. The average molecular weight is 439 g/mol. The molecule has 0 atom stereocenters. The van der Waals surface area contributed by atoms with Gasteiger partial charge in [-0.3, -0.25) is 10.1 Å². The molecule has 0 fully saturated rings. The summed E-state index contributed by atoms with van der Waals surface area (Å²) >= 11 is 6.08. The Morgan fingerprint density at radius 2 is 2.03 bits per heavy atom. The van der Waals surface area contributed by atoms with Gasteiger partial charge in [0.05, 0.1) is 22.4 Å². The van der Waals surface area contributed by atoms with E-state index in [-0.39, 0.29) is 11.6 Å². The summed E-state index contributed by atoms with van der Waals surface area (Å²) in [6.07, 6.45) is 0.807. The number of fused-ring (bicyclic) bond motifs is 1. The van der Waals surface area contributed by atoms with Crippen LogP contribution < -0.4 is 5.32 Å². The van der Waals surface area contributed by atoms with E-state index in [0.29, 0.717) is 36.4 Å². The minimum Gasteiger partial charge on any atom is -0.382 e. The molecule has 4 aromatic rings. The molecule has 0 bridgehead atoms. The lowest BCUT2D eigenvalue weighted by Gasteiger charge is -2.10. The number of carbonyl (C=O) groups excluding carboxylic acids is 1. The van der Waals surface area contributed by atoms with E-state index in [9.17, 15) is 4.79 Å². The van der Waals surface area contributed by atoms with Crippen molar-refractivity contribution in [3.05, 3.63) is 64.9 Å². The summed E-state index contributed by atoms with van der Waals surface area (Å²) in [6, 6.07) is 15.0. The van der Waals surface area contributed by atoms with E-state index in [2.05, 4.69) is 20.6 Å².